The molecule has 106 valence electrons. The molecule has 1 aromatic rings. The van der Waals surface area contributed by atoms with E-state index in [0.29, 0.717) is 5.69 Å². The first-order valence-electron chi connectivity index (χ1n) is 5.66. The van der Waals surface area contributed by atoms with Gasteiger partial charge >= 0.3 is 5.69 Å². The van der Waals surface area contributed by atoms with Crippen molar-refractivity contribution >= 4 is 21.2 Å². The zero-order valence-corrected chi connectivity index (χ0v) is 11.6. The molecule has 0 bridgehead atoms. The summed E-state index contributed by atoms with van der Waals surface area (Å²) in [5.74, 6) is 0.245. The van der Waals surface area contributed by atoms with Crippen LogP contribution in [0.15, 0.2) is 18.2 Å². The van der Waals surface area contributed by atoms with Crippen molar-refractivity contribution in [2.75, 3.05) is 30.5 Å². The largest absolute Gasteiger partial charge is 0.490 e. The number of rotatable bonds is 7. The highest BCUT2D eigenvalue weighted by molar-refractivity contribution is 7.91. The van der Waals surface area contributed by atoms with Crippen molar-refractivity contribution in [3.05, 3.63) is 28.3 Å². The van der Waals surface area contributed by atoms with Gasteiger partial charge in [0, 0.05) is 30.1 Å². The number of hydrogen-bond donors (Lipinski definition) is 1. The average Bonchev–Trinajstić information content (AvgIpc) is 2.38. The van der Waals surface area contributed by atoms with Crippen LogP contribution in [-0.4, -0.2) is 38.5 Å². The van der Waals surface area contributed by atoms with Gasteiger partial charge in [-0.2, -0.15) is 0 Å². The van der Waals surface area contributed by atoms with Crippen LogP contribution in [0.2, 0.25) is 0 Å². The van der Waals surface area contributed by atoms with E-state index < -0.39 is 14.8 Å². The normalized spacial score (nSPS) is 11.1. The third-order valence-corrected chi connectivity index (χ3v) is 4.26. The highest BCUT2D eigenvalue weighted by atomic mass is 32.2. The summed E-state index contributed by atoms with van der Waals surface area (Å²) in [4.78, 5) is 10.2. The number of methoxy groups -OCH3 is 1. The van der Waals surface area contributed by atoms with Crippen molar-refractivity contribution in [2.24, 2.45) is 0 Å². The first-order chi connectivity index (χ1) is 8.89. The van der Waals surface area contributed by atoms with Gasteiger partial charge in [0.25, 0.3) is 0 Å². The standard InChI is InChI=1S/C11H16N2O5S/c1-3-19(16,17)7-6-12-9-4-5-10(13(14)15)11(8-9)18-2/h4-5,8,12H,3,6-7H2,1-2H3. The molecule has 0 heterocycles. The SMILES string of the molecule is CCS(=O)(=O)CCNc1ccc([N+](=O)[O-])c(OC)c1. The van der Waals surface area contributed by atoms with Crippen LogP contribution in [0.25, 0.3) is 0 Å². The van der Waals surface area contributed by atoms with Gasteiger partial charge < -0.3 is 10.1 Å². The Morgan fingerprint density at radius 3 is 2.63 bits per heavy atom. The maximum absolute atomic E-state index is 11.3. The number of ether oxygens (including phenoxy) is 1. The number of hydrogen-bond acceptors (Lipinski definition) is 6. The smallest absolute Gasteiger partial charge is 0.311 e. The number of nitrogens with one attached hydrogen (secondary N) is 1. The Morgan fingerprint density at radius 2 is 2.11 bits per heavy atom. The zero-order chi connectivity index (χ0) is 14.5. The molecule has 0 aliphatic rings. The van der Waals surface area contributed by atoms with Crippen LogP contribution in [0.3, 0.4) is 0 Å². The van der Waals surface area contributed by atoms with E-state index in [-0.39, 0.29) is 29.5 Å². The molecular weight excluding hydrogens is 272 g/mol. The lowest BCUT2D eigenvalue weighted by molar-refractivity contribution is -0.385. The van der Waals surface area contributed by atoms with Crippen molar-refractivity contribution in [1.29, 1.82) is 0 Å². The third kappa shape index (κ3) is 4.40. The fraction of sp³-hybridized carbons (Fsp3) is 0.455. The Morgan fingerprint density at radius 1 is 1.42 bits per heavy atom. The van der Waals surface area contributed by atoms with E-state index in [0.717, 1.165) is 0 Å². The molecule has 0 saturated carbocycles. The summed E-state index contributed by atoms with van der Waals surface area (Å²) in [5.41, 5.74) is 0.447. The Kier molecular flexibility index (Phi) is 5.11. The van der Waals surface area contributed by atoms with Gasteiger partial charge in [-0.3, -0.25) is 10.1 Å². The fourth-order valence-corrected chi connectivity index (χ4v) is 2.14. The summed E-state index contributed by atoms with van der Waals surface area (Å²) in [6.45, 7) is 1.83. The lowest BCUT2D eigenvalue weighted by atomic mass is 10.2. The second-order valence-electron chi connectivity index (χ2n) is 3.81. The van der Waals surface area contributed by atoms with Crippen molar-refractivity contribution in [3.8, 4) is 5.75 Å². The summed E-state index contributed by atoms with van der Waals surface area (Å²) in [6.07, 6.45) is 0. The lowest BCUT2D eigenvalue weighted by Gasteiger charge is -2.08. The Balaban J connectivity index is 2.73. The highest BCUT2D eigenvalue weighted by Gasteiger charge is 2.14. The third-order valence-electron chi connectivity index (χ3n) is 2.56. The summed E-state index contributed by atoms with van der Waals surface area (Å²) in [7, 11) is -1.69. The number of nitro benzene ring substituents is 1. The highest BCUT2D eigenvalue weighted by Crippen LogP contribution is 2.29. The van der Waals surface area contributed by atoms with E-state index >= 15 is 0 Å². The van der Waals surface area contributed by atoms with E-state index in [1.165, 1.54) is 25.3 Å². The van der Waals surface area contributed by atoms with Crippen molar-refractivity contribution in [1.82, 2.24) is 0 Å². The summed E-state index contributed by atoms with van der Waals surface area (Å²) >= 11 is 0. The minimum absolute atomic E-state index is 0.0167. The first-order valence-corrected chi connectivity index (χ1v) is 7.48. The molecule has 0 aromatic heterocycles. The van der Waals surface area contributed by atoms with E-state index in [1.807, 2.05) is 0 Å². The van der Waals surface area contributed by atoms with Crippen LogP contribution >= 0.6 is 0 Å². The molecule has 0 amide bonds. The number of benzene rings is 1. The van der Waals surface area contributed by atoms with Gasteiger partial charge in [-0.1, -0.05) is 6.92 Å². The molecule has 1 aromatic carbocycles. The number of sulfone groups is 1. The topological polar surface area (TPSA) is 98.5 Å². The van der Waals surface area contributed by atoms with Gasteiger partial charge in [0.2, 0.25) is 0 Å². The summed E-state index contributed by atoms with van der Waals surface area (Å²) < 4.78 is 27.5. The fourth-order valence-electron chi connectivity index (χ4n) is 1.43. The van der Waals surface area contributed by atoms with Crippen molar-refractivity contribution < 1.29 is 18.1 Å². The van der Waals surface area contributed by atoms with Gasteiger partial charge in [0.15, 0.2) is 15.6 Å². The predicted octanol–water partition coefficient (Wildman–Crippen LogP) is 1.45. The van der Waals surface area contributed by atoms with Crippen LogP contribution in [0.1, 0.15) is 6.92 Å². The average molecular weight is 288 g/mol. The molecule has 0 fully saturated rings. The van der Waals surface area contributed by atoms with Crippen LogP contribution in [0.5, 0.6) is 5.75 Å². The molecule has 0 saturated heterocycles. The van der Waals surface area contributed by atoms with E-state index in [1.54, 1.807) is 6.92 Å². The van der Waals surface area contributed by atoms with Gasteiger partial charge in [-0.25, -0.2) is 8.42 Å². The molecule has 0 radical (unpaired) electrons. The maximum atomic E-state index is 11.3. The molecule has 0 atom stereocenters. The van der Waals surface area contributed by atoms with Crippen molar-refractivity contribution in [3.63, 3.8) is 0 Å². The molecule has 7 nitrogen and oxygen atoms in total. The van der Waals surface area contributed by atoms with Crippen LogP contribution in [-0.2, 0) is 9.84 Å². The molecule has 1 rings (SSSR count). The molecule has 8 heteroatoms. The van der Waals surface area contributed by atoms with Gasteiger partial charge in [-0.05, 0) is 6.07 Å². The molecule has 0 unspecified atom stereocenters. The predicted molar refractivity (Wildman–Crippen MR) is 72.5 cm³/mol. The summed E-state index contributed by atoms with van der Waals surface area (Å²) in [6, 6.07) is 4.30. The quantitative estimate of drug-likeness (QED) is 0.602. The zero-order valence-electron chi connectivity index (χ0n) is 10.8. The van der Waals surface area contributed by atoms with E-state index in [4.69, 9.17) is 4.74 Å². The molecular formula is C11H16N2O5S. The van der Waals surface area contributed by atoms with Crippen molar-refractivity contribution in [2.45, 2.75) is 6.92 Å². The molecule has 0 aliphatic carbocycles. The molecule has 19 heavy (non-hydrogen) atoms. The van der Waals surface area contributed by atoms with E-state index in [2.05, 4.69) is 5.32 Å². The minimum atomic E-state index is -3.03. The van der Waals surface area contributed by atoms with Crippen LogP contribution < -0.4 is 10.1 Å². The molecule has 1 N–H and O–H groups in total. The maximum Gasteiger partial charge on any atom is 0.311 e. The number of nitrogens with zero attached hydrogens (tertiary/aromatic N) is 1. The molecule has 0 aliphatic heterocycles. The number of nitro groups is 1. The lowest BCUT2D eigenvalue weighted by Crippen LogP contribution is -2.17. The Labute approximate surface area is 111 Å². The number of anilines is 1. The van der Waals surface area contributed by atoms with Crippen LogP contribution in [0, 0.1) is 10.1 Å². The Bertz CT molecular complexity index is 556. The van der Waals surface area contributed by atoms with Gasteiger partial charge in [0.05, 0.1) is 17.8 Å². The van der Waals surface area contributed by atoms with Gasteiger partial charge in [0.1, 0.15) is 0 Å². The van der Waals surface area contributed by atoms with E-state index in [9.17, 15) is 18.5 Å². The first kappa shape index (κ1) is 15.2. The minimum Gasteiger partial charge on any atom is -0.490 e. The summed E-state index contributed by atoms with van der Waals surface area (Å²) in [5, 5.41) is 13.6. The van der Waals surface area contributed by atoms with Gasteiger partial charge in [-0.15, -0.1) is 0 Å². The second-order valence-corrected chi connectivity index (χ2v) is 6.28. The second kappa shape index (κ2) is 6.37. The van der Waals surface area contributed by atoms with Crippen LogP contribution in [0.4, 0.5) is 11.4 Å². The molecule has 0 spiro atoms. The Hall–Kier alpha value is -1.83. The monoisotopic (exact) mass is 288 g/mol.